The van der Waals surface area contributed by atoms with Crippen LogP contribution in [-0.2, 0) is 0 Å². The molecule has 6 heteroatoms. The second kappa shape index (κ2) is 5.57. The van der Waals surface area contributed by atoms with Crippen LogP contribution >= 0.6 is 11.8 Å². The number of imidazole rings is 1. The fourth-order valence-electron chi connectivity index (χ4n) is 2.62. The van der Waals surface area contributed by atoms with E-state index in [0.29, 0.717) is 11.6 Å². The molecule has 2 aromatic rings. The first-order chi connectivity index (χ1) is 9.38. The zero-order valence-electron chi connectivity index (χ0n) is 10.5. The molecule has 1 atom stereocenters. The van der Waals surface area contributed by atoms with Gasteiger partial charge in [-0.1, -0.05) is 31.0 Å². The number of nitrogens with one attached hydrogen (secondary N) is 1. The molecule has 0 spiro atoms. The molecule has 1 fully saturated rings. The van der Waals surface area contributed by atoms with Gasteiger partial charge >= 0.3 is 0 Å². The van der Waals surface area contributed by atoms with Crippen molar-refractivity contribution in [1.29, 1.82) is 5.26 Å². The highest BCUT2D eigenvalue weighted by molar-refractivity contribution is 8.00. The van der Waals surface area contributed by atoms with Crippen molar-refractivity contribution in [2.24, 2.45) is 5.92 Å². The first-order valence-corrected chi connectivity index (χ1v) is 7.47. The predicted molar refractivity (Wildman–Crippen MR) is 73.5 cm³/mol. The summed E-state index contributed by atoms with van der Waals surface area (Å²) in [6.07, 6.45) is 9.23. The molecule has 0 bridgehead atoms. The van der Waals surface area contributed by atoms with E-state index in [1.54, 1.807) is 18.1 Å². The molecule has 0 aromatic carbocycles. The minimum absolute atomic E-state index is 0.0262. The quantitative estimate of drug-likeness (QED) is 0.687. The molecule has 3 rings (SSSR count). The molecule has 2 aromatic heterocycles. The average Bonchev–Trinajstić information content (AvgIpc) is 2.95. The third-order valence-electron chi connectivity index (χ3n) is 3.63. The van der Waals surface area contributed by atoms with Crippen LogP contribution < -0.4 is 0 Å². The van der Waals surface area contributed by atoms with Crippen LogP contribution in [0.25, 0.3) is 11.2 Å². The van der Waals surface area contributed by atoms with Crippen LogP contribution in [0.5, 0.6) is 0 Å². The van der Waals surface area contributed by atoms with Crippen molar-refractivity contribution in [2.75, 3.05) is 0 Å². The molecule has 1 saturated carbocycles. The van der Waals surface area contributed by atoms with Crippen molar-refractivity contribution in [2.45, 2.75) is 42.4 Å². The van der Waals surface area contributed by atoms with Crippen molar-refractivity contribution in [3.8, 4) is 6.07 Å². The van der Waals surface area contributed by atoms with Gasteiger partial charge in [0, 0.05) is 0 Å². The lowest BCUT2D eigenvalue weighted by Gasteiger charge is -2.24. The van der Waals surface area contributed by atoms with Gasteiger partial charge in [0.25, 0.3) is 0 Å². The SMILES string of the molecule is N#CC(Sc1ncnc2nc[nH]c12)C1CCCCC1. The molecule has 1 unspecified atom stereocenters. The number of hydrogen-bond donors (Lipinski definition) is 1. The van der Waals surface area contributed by atoms with E-state index in [0.717, 1.165) is 23.4 Å². The van der Waals surface area contributed by atoms with Gasteiger partial charge in [0.05, 0.1) is 12.4 Å². The number of aromatic amines is 1. The lowest BCUT2D eigenvalue weighted by Crippen LogP contribution is -2.18. The van der Waals surface area contributed by atoms with E-state index in [1.165, 1.54) is 25.6 Å². The number of thioether (sulfide) groups is 1. The summed E-state index contributed by atoms with van der Waals surface area (Å²) >= 11 is 1.55. The van der Waals surface area contributed by atoms with E-state index in [1.807, 2.05) is 0 Å². The molecule has 0 radical (unpaired) electrons. The van der Waals surface area contributed by atoms with Crippen molar-refractivity contribution in [1.82, 2.24) is 19.9 Å². The monoisotopic (exact) mass is 273 g/mol. The van der Waals surface area contributed by atoms with Crippen molar-refractivity contribution in [3.63, 3.8) is 0 Å². The molecule has 98 valence electrons. The molecule has 1 aliphatic rings. The van der Waals surface area contributed by atoms with Gasteiger partial charge in [0.15, 0.2) is 5.65 Å². The third kappa shape index (κ3) is 2.56. The molecule has 5 nitrogen and oxygen atoms in total. The number of fused-ring (bicyclic) bond motifs is 1. The highest BCUT2D eigenvalue weighted by Gasteiger charge is 2.25. The van der Waals surface area contributed by atoms with Crippen LogP contribution in [0.15, 0.2) is 17.7 Å². The topological polar surface area (TPSA) is 78.2 Å². The van der Waals surface area contributed by atoms with Gasteiger partial charge in [0.1, 0.15) is 22.1 Å². The van der Waals surface area contributed by atoms with Crippen LogP contribution in [0.3, 0.4) is 0 Å². The highest BCUT2D eigenvalue weighted by atomic mass is 32.2. The minimum Gasteiger partial charge on any atom is -0.341 e. The maximum atomic E-state index is 9.42. The maximum Gasteiger partial charge on any atom is 0.181 e. The first kappa shape index (κ1) is 12.4. The van der Waals surface area contributed by atoms with Crippen molar-refractivity contribution >= 4 is 22.9 Å². The molecule has 1 N–H and O–H groups in total. The summed E-state index contributed by atoms with van der Waals surface area (Å²) in [5.74, 6) is 0.483. The predicted octanol–water partition coefficient (Wildman–Crippen LogP) is 2.92. The number of aromatic nitrogens is 4. The van der Waals surface area contributed by atoms with Crippen LogP contribution in [0.2, 0.25) is 0 Å². The zero-order chi connectivity index (χ0) is 13.1. The van der Waals surface area contributed by atoms with E-state index >= 15 is 0 Å². The molecule has 1 aliphatic carbocycles. The molecule has 0 saturated heterocycles. The van der Waals surface area contributed by atoms with Gasteiger partial charge in [-0.2, -0.15) is 5.26 Å². The number of hydrogen-bond acceptors (Lipinski definition) is 5. The van der Waals surface area contributed by atoms with Crippen molar-refractivity contribution in [3.05, 3.63) is 12.7 Å². The van der Waals surface area contributed by atoms with Gasteiger partial charge in [0.2, 0.25) is 0 Å². The second-order valence-electron chi connectivity index (χ2n) is 4.85. The van der Waals surface area contributed by atoms with E-state index in [-0.39, 0.29) is 5.25 Å². The fourth-order valence-corrected chi connectivity index (χ4v) is 3.75. The molecule has 0 aliphatic heterocycles. The van der Waals surface area contributed by atoms with E-state index in [2.05, 4.69) is 26.0 Å². The van der Waals surface area contributed by atoms with E-state index in [9.17, 15) is 5.26 Å². The summed E-state index contributed by atoms with van der Waals surface area (Å²) in [7, 11) is 0. The van der Waals surface area contributed by atoms with Crippen LogP contribution in [0.1, 0.15) is 32.1 Å². The largest absolute Gasteiger partial charge is 0.341 e. The minimum atomic E-state index is -0.0262. The van der Waals surface area contributed by atoms with Gasteiger partial charge in [-0.05, 0) is 18.8 Å². The van der Waals surface area contributed by atoms with E-state index < -0.39 is 0 Å². The summed E-state index contributed by atoms with van der Waals surface area (Å²) in [5, 5.41) is 10.2. The van der Waals surface area contributed by atoms with Crippen LogP contribution in [0, 0.1) is 17.2 Å². The zero-order valence-corrected chi connectivity index (χ0v) is 11.4. The maximum absolute atomic E-state index is 9.42. The number of H-pyrrole nitrogens is 1. The van der Waals surface area contributed by atoms with Crippen LogP contribution in [0.4, 0.5) is 0 Å². The highest BCUT2D eigenvalue weighted by Crippen LogP contribution is 2.36. The Kier molecular flexibility index (Phi) is 3.65. The Morgan fingerprint density at radius 2 is 2.11 bits per heavy atom. The Morgan fingerprint density at radius 3 is 2.89 bits per heavy atom. The second-order valence-corrected chi connectivity index (χ2v) is 5.98. The first-order valence-electron chi connectivity index (χ1n) is 6.59. The lowest BCUT2D eigenvalue weighted by atomic mass is 9.87. The Morgan fingerprint density at radius 1 is 1.26 bits per heavy atom. The Hall–Kier alpha value is -1.61. The summed E-state index contributed by atoms with van der Waals surface area (Å²) in [6, 6.07) is 2.45. The molecule has 19 heavy (non-hydrogen) atoms. The molecular weight excluding hydrogens is 258 g/mol. The van der Waals surface area contributed by atoms with Gasteiger partial charge in [-0.25, -0.2) is 15.0 Å². The Bertz CT molecular complexity index is 596. The standard InChI is InChI=1S/C13H15N5S/c14-6-10(9-4-2-1-3-5-9)19-13-11-12(16-7-15-11)17-8-18-13/h7-10H,1-5H2,(H,15,16,17,18). The van der Waals surface area contributed by atoms with Gasteiger partial charge in [-0.15, -0.1) is 0 Å². The fraction of sp³-hybridized carbons (Fsp3) is 0.538. The third-order valence-corrected chi connectivity index (χ3v) is 4.91. The van der Waals surface area contributed by atoms with Gasteiger partial charge < -0.3 is 4.98 Å². The summed E-state index contributed by atoms with van der Waals surface area (Å²) in [5.41, 5.74) is 1.50. The summed E-state index contributed by atoms with van der Waals surface area (Å²) in [4.78, 5) is 15.6. The number of nitrogens with zero attached hydrogens (tertiary/aromatic N) is 4. The summed E-state index contributed by atoms with van der Waals surface area (Å²) < 4.78 is 0. The normalized spacial score (nSPS) is 18.3. The number of rotatable bonds is 3. The number of nitriles is 1. The van der Waals surface area contributed by atoms with E-state index in [4.69, 9.17) is 0 Å². The average molecular weight is 273 g/mol. The Balaban J connectivity index is 1.82. The Labute approximate surface area is 115 Å². The molecule has 0 amide bonds. The summed E-state index contributed by atoms with van der Waals surface area (Å²) in [6.45, 7) is 0. The smallest absolute Gasteiger partial charge is 0.181 e. The molecular formula is C13H15N5S. The van der Waals surface area contributed by atoms with Crippen molar-refractivity contribution < 1.29 is 0 Å². The van der Waals surface area contributed by atoms with Crippen LogP contribution in [-0.4, -0.2) is 25.2 Å². The lowest BCUT2D eigenvalue weighted by molar-refractivity contribution is 0.370. The van der Waals surface area contributed by atoms with Gasteiger partial charge in [-0.3, -0.25) is 0 Å². The molecule has 2 heterocycles.